The summed E-state index contributed by atoms with van der Waals surface area (Å²) in [6, 6.07) is 2.38. The van der Waals surface area contributed by atoms with Gasteiger partial charge >= 0.3 is 12.0 Å². The number of aromatic nitrogens is 2. The number of amides is 3. The lowest BCUT2D eigenvalue weighted by atomic mass is 10.1. The molecule has 1 unspecified atom stereocenters. The second-order valence-electron chi connectivity index (χ2n) is 6.48. The molecule has 0 spiro atoms. The molecule has 0 N–H and O–H groups in total. The lowest BCUT2D eigenvalue weighted by Gasteiger charge is -2.32. The number of likely N-dealkylation sites (N-methyl/N-ethyl adjacent to an activating group) is 1. The van der Waals surface area contributed by atoms with E-state index >= 15 is 0 Å². The maximum absolute atomic E-state index is 12.9. The van der Waals surface area contributed by atoms with E-state index in [0.717, 1.165) is 16.4 Å². The number of fused-ring (bicyclic) bond motifs is 3. The normalized spacial score (nSPS) is 18.9. The molecule has 2 aromatic rings. The van der Waals surface area contributed by atoms with E-state index in [1.54, 1.807) is 17.9 Å². The molecule has 2 aromatic heterocycles. The zero-order valence-electron chi connectivity index (χ0n) is 14.7. The molecule has 1 saturated heterocycles. The smallest absolute Gasteiger partial charge is 0.402 e. The number of nitrogens with zero attached hydrogens (tertiary/aromatic N) is 5. The number of furan rings is 1. The van der Waals surface area contributed by atoms with Crippen molar-refractivity contribution in [2.75, 3.05) is 13.6 Å². The van der Waals surface area contributed by atoms with E-state index in [9.17, 15) is 14.4 Å². The molecule has 134 valence electrons. The van der Waals surface area contributed by atoms with Crippen LogP contribution in [0.15, 0.2) is 34.0 Å². The summed E-state index contributed by atoms with van der Waals surface area (Å²) in [7, 11) is 1.56. The average molecular weight is 356 g/mol. The molecule has 26 heavy (non-hydrogen) atoms. The van der Waals surface area contributed by atoms with Crippen LogP contribution in [0.3, 0.4) is 0 Å². The average Bonchev–Trinajstić information content (AvgIpc) is 3.28. The number of carbonyl (C=O) groups is 3. The molecule has 9 heteroatoms. The van der Waals surface area contributed by atoms with Crippen LogP contribution in [0.2, 0.25) is 0 Å². The van der Waals surface area contributed by atoms with Gasteiger partial charge in [0.2, 0.25) is 11.9 Å². The maximum atomic E-state index is 12.9. The van der Waals surface area contributed by atoms with Crippen LogP contribution in [-0.2, 0) is 16.1 Å². The number of hydrogen-bond acceptors (Lipinski definition) is 5. The highest BCUT2D eigenvalue weighted by molar-refractivity contribution is 6.19. The topological polar surface area (TPSA) is 92.0 Å². The summed E-state index contributed by atoms with van der Waals surface area (Å²) in [5, 5.41) is 0. The molecule has 2 aliphatic heterocycles. The molecular weight excluding hydrogens is 338 g/mol. The number of Topliss-reactive ketones (excluding diaryl/α,β-unsaturated/α-hetero) is 1. The van der Waals surface area contributed by atoms with Gasteiger partial charge in [-0.1, -0.05) is 4.99 Å². The minimum Gasteiger partial charge on any atom is -0.466 e. The highest BCUT2D eigenvalue weighted by Gasteiger charge is 2.53. The van der Waals surface area contributed by atoms with Crippen LogP contribution in [-0.4, -0.2) is 51.5 Å². The van der Waals surface area contributed by atoms with Crippen molar-refractivity contribution in [1.29, 1.82) is 0 Å². The highest BCUT2D eigenvalue weighted by Crippen LogP contribution is 2.29. The number of amidine groups is 1. The number of carbonyl (C=O) groups excluding carboxylic acids is 3. The minimum atomic E-state index is -0.747. The monoisotopic (exact) mass is 356 g/mol. The van der Waals surface area contributed by atoms with Gasteiger partial charge in [-0.2, -0.15) is 0 Å². The van der Waals surface area contributed by atoms with Crippen LogP contribution in [0.25, 0.3) is 0 Å². The molecule has 4 heterocycles. The van der Waals surface area contributed by atoms with Gasteiger partial charge in [0.1, 0.15) is 30.0 Å². The summed E-state index contributed by atoms with van der Waals surface area (Å²) in [4.78, 5) is 43.7. The van der Waals surface area contributed by atoms with E-state index in [1.165, 1.54) is 11.8 Å². The number of aliphatic imine (C=N–C) groups is 1. The van der Waals surface area contributed by atoms with E-state index < -0.39 is 18.0 Å². The van der Waals surface area contributed by atoms with Gasteiger partial charge in [-0.05, 0) is 26.0 Å². The summed E-state index contributed by atoms with van der Waals surface area (Å²) in [5.74, 6) is 0.993. The van der Waals surface area contributed by atoms with Gasteiger partial charge in [-0.15, -0.1) is 0 Å². The molecule has 3 amide bonds. The fraction of sp³-hybridized carbons (Fsp3) is 0.353. The predicted octanol–water partition coefficient (Wildman–Crippen LogP) is 0.793. The first-order valence-electron chi connectivity index (χ1n) is 8.19. The molecule has 0 saturated carbocycles. The largest absolute Gasteiger partial charge is 0.466 e. The molecule has 0 aromatic carbocycles. The molecular formula is C17H18N5O4+. The summed E-state index contributed by atoms with van der Waals surface area (Å²) < 4.78 is 9.07. The lowest BCUT2D eigenvalue weighted by molar-refractivity contribution is -0.677. The second-order valence-corrected chi connectivity index (χ2v) is 6.48. The van der Waals surface area contributed by atoms with E-state index in [1.807, 2.05) is 29.8 Å². The van der Waals surface area contributed by atoms with E-state index in [-0.39, 0.29) is 12.3 Å². The Morgan fingerprint density at radius 2 is 2.15 bits per heavy atom. The Bertz CT molecular complexity index is 956. The van der Waals surface area contributed by atoms with Crippen molar-refractivity contribution >= 4 is 29.5 Å². The number of urea groups is 1. The third kappa shape index (κ3) is 2.27. The second kappa shape index (κ2) is 5.65. The van der Waals surface area contributed by atoms with Gasteiger partial charge < -0.3 is 4.42 Å². The van der Waals surface area contributed by atoms with Gasteiger partial charge in [-0.25, -0.2) is 13.9 Å². The van der Waals surface area contributed by atoms with Crippen molar-refractivity contribution in [1.82, 2.24) is 14.4 Å². The van der Waals surface area contributed by atoms with E-state index in [0.29, 0.717) is 18.3 Å². The van der Waals surface area contributed by atoms with Crippen LogP contribution in [0, 0.1) is 6.92 Å². The lowest BCUT2D eigenvalue weighted by Crippen LogP contribution is -2.63. The van der Waals surface area contributed by atoms with Crippen molar-refractivity contribution in [2.45, 2.75) is 26.4 Å². The van der Waals surface area contributed by atoms with Crippen LogP contribution < -0.4 is 4.57 Å². The van der Waals surface area contributed by atoms with Crippen molar-refractivity contribution < 1.29 is 23.4 Å². The van der Waals surface area contributed by atoms with Crippen LogP contribution >= 0.6 is 0 Å². The minimum absolute atomic E-state index is 0.242. The third-order valence-electron chi connectivity index (χ3n) is 4.60. The van der Waals surface area contributed by atoms with Crippen molar-refractivity contribution in [3.05, 3.63) is 36.0 Å². The van der Waals surface area contributed by atoms with Crippen LogP contribution in [0.1, 0.15) is 24.4 Å². The molecule has 1 fully saturated rings. The summed E-state index contributed by atoms with van der Waals surface area (Å²) >= 11 is 0. The SMILES string of the molecule is CC(=O)CN1C(=O)C2C(=Nc3n(Cc4ccco4)c(C)c[n+]32)N(C)C1=O. The molecule has 0 aliphatic carbocycles. The van der Waals surface area contributed by atoms with Gasteiger partial charge in [0.15, 0.2) is 0 Å². The number of ketones is 1. The van der Waals surface area contributed by atoms with Crippen molar-refractivity contribution in [2.24, 2.45) is 4.99 Å². The van der Waals surface area contributed by atoms with Gasteiger partial charge in [-0.3, -0.25) is 19.4 Å². The Labute approximate surface area is 149 Å². The fourth-order valence-electron chi connectivity index (χ4n) is 3.35. The van der Waals surface area contributed by atoms with E-state index in [2.05, 4.69) is 4.99 Å². The number of imidazole rings is 1. The fourth-order valence-corrected chi connectivity index (χ4v) is 3.35. The Balaban J connectivity index is 1.77. The Morgan fingerprint density at radius 3 is 2.81 bits per heavy atom. The zero-order valence-corrected chi connectivity index (χ0v) is 14.7. The number of hydrogen-bond donors (Lipinski definition) is 0. The van der Waals surface area contributed by atoms with Gasteiger partial charge in [0, 0.05) is 7.05 Å². The maximum Gasteiger partial charge on any atom is 0.402 e. The first-order chi connectivity index (χ1) is 12.4. The van der Waals surface area contributed by atoms with Gasteiger partial charge in [0.05, 0.1) is 12.8 Å². The molecule has 4 rings (SSSR count). The number of rotatable bonds is 4. The van der Waals surface area contributed by atoms with Crippen molar-refractivity contribution in [3.63, 3.8) is 0 Å². The summed E-state index contributed by atoms with van der Waals surface area (Å²) in [6.45, 7) is 3.49. The Morgan fingerprint density at radius 1 is 1.38 bits per heavy atom. The van der Waals surface area contributed by atoms with E-state index in [4.69, 9.17) is 4.42 Å². The quantitative estimate of drug-likeness (QED) is 0.758. The predicted molar refractivity (Wildman–Crippen MR) is 88.9 cm³/mol. The molecule has 2 aliphatic rings. The summed E-state index contributed by atoms with van der Waals surface area (Å²) in [5.41, 5.74) is 0.907. The molecule has 9 nitrogen and oxygen atoms in total. The van der Waals surface area contributed by atoms with Gasteiger partial charge in [0.25, 0.3) is 5.91 Å². The summed E-state index contributed by atoms with van der Waals surface area (Å²) in [6.07, 6.45) is 3.43. The number of imide groups is 1. The zero-order chi connectivity index (χ0) is 18.6. The first kappa shape index (κ1) is 16.2. The third-order valence-corrected chi connectivity index (χ3v) is 4.60. The van der Waals surface area contributed by atoms with Crippen molar-refractivity contribution in [3.8, 4) is 0 Å². The Kier molecular flexibility index (Phi) is 3.53. The Hall–Kier alpha value is -3.23. The molecule has 1 atom stereocenters. The highest BCUT2D eigenvalue weighted by atomic mass is 16.3. The standard InChI is InChI=1S/C17H18N5O4/c1-10-7-21-13-14(18-16(21)20(10)9-12-5-4-6-26-12)19(3)17(25)22(15(13)24)8-11(2)23/h4-7,13H,8-9H2,1-3H3/q+1. The first-order valence-corrected chi connectivity index (χ1v) is 8.19. The van der Waals surface area contributed by atoms with Crippen LogP contribution in [0.4, 0.5) is 10.7 Å². The number of aryl methyl sites for hydroxylation is 1. The van der Waals surface area contributed by atoms with Crippen LogP contribution in [0.5, 0.6) is 0 Å². The molecule has 0 radical (unpaired) electrons. The molecule has 0 bridgehead atoms.